The highest BCUT2D eigenvalue weighted by molar-refractivity contribution is 5.55. The smallest absolute Gasteiger partial charge is 0.0653 e. The van der Waals surface area contributed by atoms with Crippen LogP contribution in [-0.2, 0) is 0 Å². The maximum atomic E-state index is 9.97. The summed E-state index contributed by atoms with van der Waals surface area (Å²) in [6.45, 7) is 5.73. The molecule has 1 atom stereocenters. The zero-order valence-electron chi connectivity index (χ0n) is 10.7. The van der Waals surface area contributed by atoms with Crippen LogP contribution in [0.25, 0.3) is 0 Å². The zero-order valence-corrected chi connectivity index (χ0v) is 10.7. The molecule has 0 unspecified atom stereocenters. The number of anilines is 1. The van der Waals surface area contributed by atoms with Crippen molar-refractivity contribution in [1.82, 2.24) is 0 Å². The van der Waals surface area contributed by atoms with Gasteiger partial charge >= 0.3 is 0 Å². The lowest BCUT2D eigenvalue weighted by Gasteiger charge is -2.38. The molecule has 17 heavy (non-hydrogen) atoms. The number of hydrogen-bond donors (Lipinski definition) is 2. The summed E-state index contributed by atoms with van der Waals surface area (Å²) in [5.74, 6) is 0. The zero-order chi connectivity index (χ0) is 12.5. The normalized spacial score (nSPS) is 21.3. The summed E-state index contributed by atoms with van der Waals surface area (Å²) < 4.78 is 0. The molecule has 1 aliphatic rings. The second-order valence-electron chi connectivity index (χ2n) is 5.33. The summed E-state index contributed by atoms with van der Waals surface area (Å²) in [4.78, 5) is 2.33. The molecule has 1 fully saturated rings. The third-order valence-corrected chi connectivity index (χ3v) is 3.61. The fraction of sp³-hybridized carbons (Fsp3) is 0.571. The molecule has 94 valence electrons. The highest BCUT2D eigenvalue weighted by Crippen LogP contribution is 2.30. The molecule has 0 aromatic heterocycles. The predicted molar refractivity (Wildman–Crippen MR) is 71.1 cm³/mol. The predicted octanol–water partition coefficient (Wildman–Crippen LogP) is 2.06. The van der Waals surface area contributed by atoms with Crippen LogP contribution in [0.3, 0.4) is 0 Å². The fourth-order valence-electron chi connectivity index (χ4n) is 2.39. The average Bonchev–Trinajstić information content (AvgIpc) is 2.29. The maximum Gasteiger partial charge on any atom is 0.0653 e. The summed E-state index contributed by atoms with van der Waals surface area (Å²) in [5, 5.41) is 9.97. The minimum atomic E-state index is -0.500. The van der Waals surface area contributed by atoms with Crippen molar-refractivity contribution in [3.05, 3.63) is 29.8 Å². The number of aliphatic hydroxyl groups is 1. The van der Waals surface area contributed by atoms with Crippen LogP contribution in [0.4, 0.5) is 5.69 Å². The number of piperidine rings is 1. The molecule has 0 amide bonds. The monoisotopic (exact) mass is 234 g/mol. The topological polar surface area (TPSA) is 49.5 Å². The van der Waals surface area contributed by atoms with Gasteiger partial charge in [-0.3, -0.25) is 0 Å². The summed E-state index contributed by atoms with van der Waals surface area (Å²) in [7, 11) is 0. The fourth-order valence-corrected chi connectivity index (χ4v) is 2.39. The van der Waals surface area contributed by atoms with Gasteiger partial charge in [-0.05, 0) is 38.3 Å². The van der Waals surface area contributed by atoms with E-state index < -0.39 is 5.60 Å². The molecule has 3 heteroatoms. The molecule has 0 radical (unpaired) electrons. The van der Waals surface area contributed by atoms with Crippen molar-refractivity contribution >= 4 is 5.69 Å². The van der Waals surface area contributed by atoms with Crippen LogP contribution in [-0.4, -0.2) is 23.8 Å². The molecule has 0 bridgehead atoms. The second kappa shape index (κ2) is 4.67. The molecule has 0 spiro atoms. The summed E-state index contributed by atoms with van der Waals surface area (Å²) in [5.41, 5.74) is 7.91. The van der Waals surface area contributed by atoms with Crippen molar-refractivity contribution in [1.29, 1.82) is 0 Å². The molecule has 3 N–H and O–H groups in total. The van der Waals surface area contributed by atoms with Crippen molar-refractivity contribution < 1.29 is 5.11 Å². The van der Waals surface area contributed by atoms with E-state index in [1.54, 1.807) is 0 Å². The number of hydrogen-bond acceptors (Lipinski definition) is 3. The lowest BCUT2D eigenvalue weighted by Crippen LogP contribution is -2.42. The molecule has 2 rings (SSSR count). The van der Waals surface area contributed by atoms with Crippen LogP contribution >= 0.6 is 0 Å². The summed E-state index contributed by atoms with van der Waals surface area (Å²) in [6, 6.07) is 8.34. The molecular weight excluding hydrogens is 212 g/mol. The van der Waals surface area contributed by atoms with Gasteiger partial charge in [-0.15, -0.1) is 0 Å². The molecule has 1 heterocycles. The first kappa shape index (κ1) is 12.4. The Bertz CT molecular complexity index is 378. The second-order valence-corrected chi connectivity index (χ2v) is 5.33. The minimum absolute atomic E-state index is 0.0497. The maximum absolute atomic E-state index is 9.97. The molecule has 1 aromatic carbocycles. The van der Waals surface area contributed by atoms with Crippen LogP contribution in [0.5, 0.6) is 0 Å². The Morgan fingerprint density at radius 2 is 1.88 bits per heavy atom. The van der Waals surface area contributed by atoms with Crippen LogP contribution in [0, 0.1) is 0 Å². The average molecular weight is 234 g/mol. The molecular formula is C14H22N2O. The molecule has 3 nitrogen and oxygen atoms in total. The Hall–Kier alpha value is -1.06. The van der Waals surface area contributed by atoms with Crippen molar-refractivity contribution in [2.45, 2.75) is 38.3 Å². The minimum Gasteiger partial charge on any atom is -0.390 e. The SMILES string of the molecule is C[C@@H](N)c1ccccc1N1CCC(C)(O)CC1. The quantitative estimate of drug-likeness (QED) is 0.823. The Labute approximate surface area is 103 Å². The van der Waals surface area contributed by atoms with Crippen molar-refractivity contribution in [3.63, 3.8) is 0 Å². The van der Waals surface area contributed by atoms with Gasteiger partial charge < -0.3 is 15.7 Å². The van der Waals surface area contributed by atoms with Crippen molar-refractivity contribution in [2.75, 3.05) is 18.0 Å². The van der Waals surface area contributed by atoms with E-state index >= 15 is 0 Å². The first-order valence-corrected chi connectivity index (χ1v) is 6.31. The number of para-hydroxylation sites is 1. The number of benzene rings is 1. The summed E-state index contributed by atoms with van der Waals surface area (Å²) in [6.07, 6.45) is 1.64. The van der Waals surface area contributed by atoms with E-state index in [0.29, 0.717) is 0 Å². The van der Waals surface area contributed by atoms with E-state index in [4.69, 9.17) is 5.73 Å². The van der Waals surface area contributed by atoms with E-state index in [1.807, 2.05) is 26.0 Å². The molecule has 1 saturated heterocycles. The van der Waals surface area contributed by atoms with Crippen molar-refractivity contribution in [2.24, 2.45) is 5.73 Å². The molecule has 0 aliphatic carbocycles. The highest BCUT2D eigenvalue weighted by atomic mass is 16.3. The lowest BCUT2D eigenvalue weighted by atomic mass is 9.93. The Morgan fingerprint density at radius 3 is 2.47 bits per heavy atom. The van der Waals surface area contributed by atoms with Gasteiger partial charge in [-0.25, -0.2) is 0 Å². The highest BCUT2D eigenvalue weighted by Gasteiger charge is 2.28. The first-order valence-electron chi connectivity index (χ1n) is 6.31. The van der Waals surface area contributed by atoms with Crippen LogP contribution in [0.15, 0.2) is 24.3 Å². The third kappa shape index (κ3) is 2.79. The largest absolute Gasteiger partial charge is 0.390 e. The van der Waals surface area contributed by atoms with Gasteiger partial charge in [-0.2, -0.15) is 0 Å². The molecule has 1 aromatic rings. The van der Waals surface area contributed by atoms with E-state index in [9.17, 15) is 5.11 Å². The van der Waals surface area contributed by atoms with Gasteiger partial charge in [0.05, 0.1) is 5.60 Å². The summed E-state index contributed by atoms with van der Waals surface area (Å²) >= 11 is 0. The van der Waals surface area contributed by atoms with Gasteiger partial charge in [-0.1, -0.05) is 18.2 Å². The number of nitrogens with two attached hydrogens (primary N) is 1. The Morgan fingerprint density at radius 1 is 1.29 bits per heavy atom. The van der Waals surface area contributed by atoms with E-state index in [2.05, 4.69) is 17.0 Å². The van der Waals surface area contributed by atoms with Crippen LogP contribution < -0.4 is 10.6 Å². The number of nitrogens with zero attached hydrogens (tertiary/aromatic N) is 1. The van der Waals surface area contributed by atoms with E-state index in [0.717, 1.165) is 25.9 Å². The van der Waals surface area contributed by atoms with E-state index in [-0.39, 0.29) is 6.04 Å². The standard InChI is InChI=1S/C14H22N2O/c1-11(15)12-5-3-4-6-13(12)16-9-7-14(2,17)8-10-16/h3-6,11,17H,7-10,15H2,1-2H3/t11-/m1/s1. The number of rotatable bonds is 2. The van der Waals surface area contributed by atoms with Gasteiger partial charge in [0.2, 0.25) is 0 Å². The first-order chi connectivity index (χ1) is 7.99. The Balaban J connectivity index is 2.18. The van der Waals surface area contributed by atoms with Gasteiger partial charge in [0, 0.05) is 24.8 Å². The van der Waals surface area contributed by atoms with Crippen LogP contribution in [0.1, 0.15) is 38.3 Å². The van der Waals surface area contributed by atoms with Gasteiger partial charge in [0.1, 0.15) is 0 Å². The van der Waals surface area contributed by atoms with Gasteiger partial charge in [0.15, 0.2) is 0 Å². The van der Waals surface area contributed by atoms with Crippen LogP contribution in [0.2, 0.25) is 0 Å². The molecule has 0 saturated carbocycles. The Kier molecular flexibility index (Phi) is 3.40. The molecule has 1 aliphatic heterocycles. The van der Waals surface area contributed by atoms with Crippen molar-refractivity contribution in [3.8, 4) is 0 Å². The lowest BCUT2D eigenvalue weighted by molar-refractivity contribution is 0.0351. The van der Waals surface area contributed by atoms with Gasteiger partial charge in [0.25, 0.3) is 0 Å². The third-order valence-electron chi connectivity index (χ3n) is 3.61. The van der Waals surface area contributed by atoms with E-state index in [1.165, 1.54) is 11.3 Å².